The summed E-state index contributed by atoms with van der Waals surface area (Å²) in [5.74, 6) is -1.14. The molecule has 0 spiro atoms. The Balaban J connectivity index is 2.97. The topological polar surface area (TPSA) is 70.2 Å². The van der Waals surface area contributed by atoms with E-state index in [0.29, 0.717) is 10.9 Å². The standard InChI is InChI=1S/C12H10BrNO3/c1-5-3-7-10(6(2)11(5)13)9(15)4-8(14-7)12(16)17/h3-4H,1-2H3,(H,14,15)(H,16,17). The molecule has 0 unspecified atom stereocenters. The van der Waals surface area contributed by atoms with Crippen LogP contribution in [0.2, 0.25) is 0 Å². The number of nitrogens with one attached hydrogen (secondary N) is 1. The Morgan fingerprint density at radius 1 is 1.35 bits per heavy atom. The van der Waals surface area contributed by atoms with E-state index < -0.39 is 5.97 Å². The number of rotatable bonds is 1. The predicted molar refractivity (Wildman–Crippen MR) is 68.7 cm³/mol. The number of carboxylic acid groups (broad SMARTS) is 1. The second-order valence-electron chi connectivity index (χ2n) is 3.91. The van der Waals surface area contributed by atoms with E-state index in [2.05, 4.69) is 20.9 Å². The third-order valence-electron chi connectivity index (χ3n) is 2.70. The molecule has 1 aromatic carbocycles. The van der Waals surface area contributed by atoms with Gasteiger partial charge in [-0.15, -0.1) is 0 Å². The van der Waals surface area contributed by atoms with E-state index in [0.717, 1.165) is 21.7 Å². The zero-order valence-corrected chi connectivity index (χ0v) is 10.9. The van der Waals surface area contributed by atoms with Crippen LogP contribution in [0.3, 0.4) is 0 Å². The quantitative estimate of drug-likeness (QED) is 0.849. The molecule has 1 aromatic heterocycles. The average molecular weight is 296 g/mol. The van der Waals surface area contributed by atoms with Gasteiger partial charge in [0.2, 0.25) is 0 Å². The van der Waals surface area contributed by atoms with Crippen molar-refractivity contribution in [2.45, 2.75) is 13.8 Å². The third kappa shape index (κ3) is 1.86. The lowest BCUT2D eigenvalue weighted by Gasteiger charge is -2.08. The first-order valence-electron chi connectivity index (χ1n) is 4.98. The fraction of sp³-hybridized carbons (Fsp3) is 0.167. The maximum absolute atomic E-state index is 11.9. The molecule has 0 saturated carbocycles. The van der Waals surface area contributed by atoms with Gasteiger partial charge in [-0.25, -0.2) is 4.79 Å². The van der Waals surface area contributed by atoms with Gasteiger partial charge in [0.15, 0.2) is 5.43 Å². The number of aromatic carboxylic acids is 1. The van der Waals surface area contributed by atoms with Gasteiger partial charge in [0, 0.05) is 15.9 Å². The number of H-pyrrole nitrogens is 1. The Kier molecular flexibility index (Phi) is 2.79. The molecule has 5 heteroatoms. The molecule has 0 atom stereocenters. The Bertz CT molecular complexity index is 688. The minimum atomic E-state index is -1.14. The number of hydrogen-bond donors (Lipinski definition) is 2. The molecule has 0 saturated heterocycles. The Morgan fingerprint density at radius 2 is 2.00 bits per heavy atom. The average Bonchev–Trinajstić information content (AvgIpc) is 2.25. The molecule has 0 aliphatic carbocycles. The number of fused-ring (bicyclic) bond motifs is 1. The van der Waals surface area contributed by atoms with Crippen LogP contribution in [0, 0.1) is 13.8 Å². The van der Waals surface area contributed by atoms with Crippen LogP contribution in [0.15, 0.2) is 21.4 Å². The minimum Gasteiger partial charge on any atom is -0.477 e. The van der Waals surface area contributed by atoms with Crippen molar-refractivity contribution in [1.29, 1.82) is 0 Å². The van der Waals surface area contributed by atoms with E-state index in [1.807, 2.05) is 13.8 Å². The van der Waals surface area contributed by atoms with Crippen LogP contribution in [0.5, 0.6) is 0 Å². The van der Waals surface area contributed by atoms with Crippen LogP contribution >= 0.6 is 15.9 Å². The summed E-state index contributed by atoms with van der Waals surface area (Å²) in [7, 11) is 0. The number of pyridine rings is 1. The molecule has 0 fully saturated rings. The van der Waals surface area contributed by atoms with E-state index in [1.54, 1.807) is 6.07 Å². The largest absolute Gasteiger partial charge is 0.477 e. The highest BCUT2D eigenvalue weighted by molar-refractivity contribution is 9.10. The van der Waals surface area contributed by atoms with E-state index in [4.69, 9.17) is 5.11 Å². The number of aromatic nitrogens is 1. The van der Waals surface area contributed by atoms with Gasteiger partial charge >= 0.3 is 5.97 Å². The van der Waals surface area contributed by atoms with Gasteiger partial charge in [-0.2, -0.15) is 0 Å². The summed E-state index contributed by atoms with van der Waals surface area (Å²) < 4.78 is 0.874. The summed E-state index contributed by atoms with van der Waals surface area (Å²) in [6.07, 6.45) is 0. The van der Waals surface area contributed by atoms with Crippen molar-refractivity contribution < 1.29 is 9.90 Å². The Labute approximate surface area is 105 Å². The number of carboxylic acids is 1. The fourth-order valence-corrected chi connectivity index (χ4v) is 2.19. The maximum Gasteiger partial charge on any atom is 0.352 e. The Hall–Kier alpha value is -1.62. The van der Waals surface area contributed by atoms with Crippen LogP contribution in [0.1, 0.15) is 21.6 Å². The molecule has 1 heterocycles. The Morgan fingerprint density at radius 3 is 2.59 bits per heavy atom. The second-order valence-corrected chi connectivity index (χ2v) is 4.70. The van der Waals surface area contributed by atoms with E-state index >= 15 is 0 Å². The highest BCUT2D eigenvalue weighted by Crippen LogP contribution is 2.26. The van der Waals surface area contributed by atoms with E-state index in [1.165, 1.54) is 0 Å². The van der Waals surface area contributed by atoms with Crippen molar-refractivity contribution in [2.24, 2.45) is 0 Å². The first kappa shape index (κ1) is 11.9. The van der Waals surface area contributed by atoms with Gasteiger partial charge in [-0.1, -0.05) is 15.9 Å². The third-order valence-corrected chi connectivity index (χ3v) is 3.92. The number of aromatic amines is 1. The first-order valence-corrected chi connectivity index (χ1v) is 5.77. The van der Waals surface area contributed by atoms with Gasteiger partial charge < -0.3 is 10.1 Å². The van der Waals surface area contributed by atoms with Gasteiger partial charge in [0.1, 0.15) is 5.69 Å². The summed E-state index contributed by atoms with van der Waals surface area (Å²) in [5.41, 5.74) is 1.94. The number of halogens is 1. The molecular formula is C12H10BrNO3. The monoisotopic (exact) mass is 295 g/mol. The molecule has 88 valence electrons. The van der Waals surface area contributed by atoms with Crippen LogP contribution in [0.25, 0.3) is 10.9 Å². The van der Waals surface area contributed by atoms with Crippen molar-refractivity contribution in [1.82, 2.24) is 4.98 Å². The summed E-state index contributed by atoms with van der Waals surface area (Å²) in [6.45, 7) is 3.72. The highest BCUT2D eigenvalue weighted by atomic mass is 79.9. The number of carbonyl (C=O) groups is 1. The number of benzene rings is 1. The van der Waals surface area contributed by atoms with Crippen LogP contribution in [-0.4, -0.2) is 16.1 Å². The molecule has 2 N–H and O–H groups in total. The van der Waals surface area contributed by atoms with Gasteiger partial charge in [-0.3, -0.25) is 4.79 Å². The lowest BCUT2D eigenvalue weighted by atomic mass is 10.1. The molecule has 0 bridgehead atoms. The van der Waals surface area contributed by atoms with E-state index in [9.17, 15) is 9.59 Å². The number of aryl methyl sites for hydroxylation is 2. The lowest BCUT2D eigenvalue weighted by molar-refractivity contribution is 0.0691. The maximum atomic E-state index is 11.9. The van der Waals surface area contributed by atoms with Crippen LogP contribution in [0.4, 0.5) is 0 Å². The van der Waals surface area contributed by atoms with Crippen LogP contribution < -0.4 is 5.43 Å². The van der Waals surface area contributed by atoms with Crippen molar-refractivity contribution in [3.05, 3.63) is 43.6 Å². The molecule has 0 radical (unpaired) electrons. The lowest BCUT2D eigenvalue weighted by Crippen LogP contribution is -2.11. The normalized spacial score (nSPS) is 10.8. The van der Waals surface area contributed by atoms with Gasteiger partial charge in [0.25, 0.3) is 0 Å². The van der Waals surface area contributed by atoms with Crippen LogP contribution in [-0.2, 0) is 0 Å². The molecular weight excluding hydrogens is 286 g/mol. The summed E-state index contributed by atoms with van der Waals surface area (Å²) in [4.78, 5) is 25.5. The SMILES string of the molecule is Cc1cc2[nH]c(C(=O)O)cc(=O)c2c(C)c1Br. The van der Waals surface area contributed by atoms with Crippen molar-refractivity contribution in [3.8, 4) is 0 Å². The van der Waals surface area contributed by atoms with Gasteiger partial charge in [-0.05, 0) is 31.0 Å². The molecule has 0 aliphatic rings. The fourth-order valence-electron chi connectivity index (χ4n) is 1.88. The molecule has 0 aliphatic heterocycles. The molecule has 2 aromatic rings. The van der Waals surface area contributed by atoms with Crippen molar-refractivity contribution in [3.63, 3.8) is 0 Å². The smallest absolute Gasteiger partial charge is 0.352 e. The summed E-state index contributed by atoms with van der Waals surface area (Å²) in [5, 5.41) is 9.40. The van der Waals surface area contributed by atoms with Crippen molar-refractivity contribution >= 4 is 32.8 Å². The minimum absolute atomic E-state index is 0.0939. The predicted octanol–water partition coefficient (Wildman–Crippen LogP) is 2.61. The first-order chi connectivity index (χ1) is 7.91. The molecule has 17 heavy (non-hydrogen) atoms. The highest BCUT2D eigenvalue weighted by Gasteiger charge is 2.12. The van der Waals surface area contributed by atoms with E-state index in [-0.39, 0.29) is 11.1 Å². The zero-order valence-electron chi connectivity index (χ0n) is 9.30. The summed E-state index contributed by atoms with van der Waals surface area (Å²) in [6, 6.07) is 2.87. The molecule has 2 rings (SSSR count). The van der Waals surface area contributed by atoms with Crippen molar-refractivity contribution in [2.75, 3.05) is 0 Å². The summed E-state index contributed by atoms with van der Waals surface area (Å²) >= 11 is 3.41. The zero-order chi connectivity index (χ0) is 12.7. The van der Waals surface area contributed by atoms with Gasteiger partial charge in [0.05, 0.1) is 5.52 Å². The molecule has 0 amide bonds. The number of hydrogen-bond acceptors (Lipinski definition) is 2. The second kappa shape index (κ2) is 4.00. The molecule has 4 nitrogen and oxygen atoms in total.